The highest BCUT2D eigenvalue weighted by atomic mass is 16.2. The highest BCUT2D eigenvalue weighted by molar-refractivity contribution is 5.74. The van der Waals surface area contributed by atoms with Gasteiger partial charge in [0.1, 0.15) is 0 Å². The average molecular weight is 409 g/mol. The van der Waals surface area contributed by atoms with E-state index in [0.29, 0.717) is 17.7 Å². The standard InChI is InChI=1S/C22H28N6O2/c1-15(2)13-28-18-19(25(4)22(30)24-20(18)29)23-21(28)27-11-9-26(10-12-27)14-17-8-6-5-7-16(17)3/h5-8H,1,9-14H2,2-4H3,(H,24,29,30). The van der Waals surface area contributed by atoms with Crippen LogP contribution in [-0.4, -0.2) is 50.2 Å². The molecule has 30 heavy (non-hydrogen) atoms. The molecule has 0 aliphatic carbocycles. The minimum Gasteiger partial charge on any atom is -0.340 e. The number of aromatic nitrogens is 4. The van der Waals surface area contributed by atoms with E-state index in [1.807, 2.05) is 11.5 Å². The number of benzene rings is 1. The third-order valence-electron chi connectivity index (χ3n) is 5.73. The smallest absolute Gasteiger partial charge is 0.329 e. The molecule has 2 aromatic heterocycles. The number of piperazine rings is 1. The molecule has 1 aliphatic heterocycles. The third-order valence-corrected chi connectivity index (χ3v) is 5.73. The molecule has 8 heteroatoms. The second-order valence-corrected chi connectivity index (χ2v) is 8.14. The van der Waals surface area contributed by atoms with Gasteiger partial charge in [0.25, 0.3) is 5.56 Å². The van der Waals surface area contributed by atoms with Crippen molar-refractivity contribution in [3.05, 3.63) is 68.4 Å². The van der Waals surface area contributed by atoms with Crippen molar-refractivity contribution >= 4 is 17.1 Å². The second kappa shape index (κ2) is 7.95. The second-order valence-electron chi connectivity index (χ2n) is 8.14. The normalized spacial score (nSPS) is 15.1. The molecule has 0 amide bonds. The number of nitrogens with one attached hydrogen (secondary N) is 1. The Balaban J connectivity index is 1.62. The van der Waals surface area contributed by atoms with Crippen LogP contribution >= 0.6 is 0 Å². The molecule has 0 atom stereocenters. The average Bonchev–Trinajstić information content (AvgIpc) is 3.08. The van der Waals surface area contributed by atoms with Crippen molar-refractivity contribution < 1.29 is 0 Å². The first-order valence-corrected chi connectivity index (χ1v) is 10.2. The van der Waals surface area contributed by atoms with E-state index in [9.17, 15) is 9.59 Å². The molecule has 158 valence electrons. The molecule has 8 nitrogen and oxygen atoms in total. The monoisotopic (exact) mass is 408 g/mol. The van der Waals surface area contributed by atoms with Crippen LogP contribution in [0.2, 0.25) is 0 Å². The van der Waals surface area contributed by atoms with Gasteiger partial charge in [-0.2, -0.15) is 4.98 Å². The fourth-order valence-corrected chi connectivity index (χ4v) is 4.02. The number of H-pyrrole nitrogens is 1. The van der Waals surface area contributed by atoms with Crippen LogP contribution < -0.4 is 16.1 Å². The summed E-state index contributed by atoms with van der Waals surface area (Å²) in [5, 5.41) is 0. The first kappa shape index (κ1) is 20.2. The molecular formula is C22H28N6O2. The Labute approximate surface area is 175 Å². The Morgan fingerprint density at radius 1 is 1.17 bits per heavy atom. The van der Waals surface area contributed by atoms with Gasteiger partial charge < -0.3 is 9.47 Å². The van der Waals surface area contributed by atoms with Crippen molar-refractivity contribution in [1.82, 2.24) is 24.0 Å². The number of nitrogens with zero attached hydrogens (tertiary/aromatic N) is 5. The van der Waals surface area contributed by atoms with Crippen molar-refractivity contribution in [3.63, 3.8) is 0 Å². The zero-order valence-corrected chi connectivity index (χ0v) is 17.8. The van der Waals surface area contributed by atoms with Gasteiger partial charge >= 0.3 is 5.69 Å². The van der Waals surface area contributed by atoms with Gasteiger partial charge in [0, 0.05) is 46.3 Å². The van der Waals surface area contributed by atoms with E-state index in [2.05, 4.69) is 52.6 Å². The first-order chi connectivity index (χ1) is 14.3. The molecule has 1 fully saturated rings. The van der Waals surface area contributed by atoms with Crippen LogP contribution in [0.3, 0.4) is 0 Å². The lowest BCUT2D eigenvalue weighted by atomic mass is 10.1. The fourth-order valence-electron chi connectivity index (χ4n) is 4.02. The van der Waals surface area contributed by atoms with Gasteiger partial charge in [-0.05, 0) is 25.0 Å². The number of fused-ring (bicyclic) bond motifs is 1. The van der Waals surface area contributed by atoms with Crippen LogP contribution in [0.15, 0.2) is 46.0 Å². The summed E-state index contributed by atoms with van der Waals surface area (Å²) in [7, 11) is 1.63. The number of aromatic amines is 1. The maximum atomic E-state index is 12.6. The summed E-state index contributed by atoms with van der Waals surface area (Å²) in [5.41, 5.74) is 3.53. The number of allylic oxidation sites excluding steroid dienone is 1. The molecule has 4 rings (SSSR count). The van der Waals surface area contributed by atoms with Crippen molar-refractivity contribution in [2.75, 3.05) is 31.1 Å². The van der Waals surface area contributed by atoms with E-state index in [-0.39, 0.29) is 0 Å². The van der Waals surface area contributed by atoms with Gasteiger partial charge in [0.2, 0.25) is 5.95 Å². The molecule has 0 unspecified atom stereocenters. The summed E-state index contributed by atoms with van der Waals surface area (Å²) < 4.78 is 3.27. The van der Waals surface area contributed by atoms with Gasteiger partial charge in [-0.1, -0.05) is 36.4 Å². The number of anilines is 1. The summed E-state index contributed by atoms with van der Waals surface area (Å²) >= 11 is 0. The highest BCUT2D eigenvalue weighted by Crippen LogP contribution is 2.22. The summed E-state index contributed by atoms with van der Waals surface area (Å²) in [6, 6.07) is 8.48. The summed E-state index contributed by atoms with van der Waals surface area (Å²) in [6.45, 7) is 12.9. The number of rotatable bonds is 5. The van der Waals surface area contributed by atoms with Crippen molar-refractivity contribution in [2.24, 2.45) is 7.05 Å². The van der Waals surface area contributed by atoms with Crippen molar-refractivity contribution in [2.45, 2.75) is 26.9 Å². The Morgan fingerprint density at radius 2 is 1.87 bits per heavy atom. The Hall–Kier alpha value is -3.13. The molecule has 1 aromatic carbocycles. The predicted octanol–water partition coefficient (Wildman–Crippen LogP) is 1.63. The van der Waals surface area contributed by atoms with E-state index in [0.717, 1.165) is 44.2 Å². The lowest BCUT2D eigenvalue weighted by Gasteiger charge is -2.35. The maximum absolute atomic E-state index is 12.6. The molecule has 1 aliphatic rings. The van der Waals surface area contributed by atoms with Gasteiger partial charge in [-0.3, -0.25) is 19.2 Å². The maximum Gasteiger partial charge on any atom is 0.329 e. The van der Waals surface area contributed by atoms with Crippen LogP contribution in [0.25, 0.3) is 11.2 Å². The van der Waals surface area contributed by atoms with E-state index < -0.39 is 11.2 Å². The lowest BCUT2D eigenvalue weighted by Crippen LogP contribution is -2.47. The fraction of sp³-hybridized carbons (Fsp3) is 0.409. The number of hydrogen-bond acceptors (Lipinski definition) is 5. The third kappa shape index (κ3) is 3.70. The van der Waals surface area contributed by atoms with E-state index in [1.165, 1.54) is 15.7 Å². The summed E-state index contributed by atoms with van der Waals surface area (Å²) in [4.78, 5) is 36.3. The molecule has 1 N–H and O–H groups in total. The van der Waals surface area contributed by atoms with Crippen molar-refractivity contribution in [3.8, 4) is 0 Å². The topological polar surface area (TPSA) is 79.2 Å². The zero-order chi connectivity index (χ0) is 21.4. The minimum absolute atomic E-state index is 0.405. The van der Waals surface area contributed by atoms with E-state index >= 15 is 0 Å². The van der Waals surface area contributed by atoms with Crippen LogP contribution in [0.4, 0.5) is 5.95 Å². The van der Waals surface area contributed by atoms with Crippen LogP contribution in [-0.2, 0) is 20.1 Å². The predicted molar refractivity (Wildman–Crippen MR) is 119 cm³/mol. The van der Waals surface area contributed by atoms with E-state index in [4.69, 9.17) is 4.98 Å². The largest absolute Gasteiger partial charge is 0.340 e. The lowest BCUT2D eigenvalue weighted by molar-refractivity contribution is 0.248. The summed E-state index contributed by atoms with van der Waals surface area (Å²) in [6.07, 6.45) is 0. The Bertz CT molecular complexity index is 1210. The molecule has 0 saturated carbocycles. The molecular weight excluding hydrogens is 380 g/mol. The van der Waals surface area contributed by atoms with Gasteiger partial charge in [0.15, 0.2) is 11.2 Å². The number of hydrogen-bond donors (Lipinski definition) is 1. The SMILES string of the molecule is C=C(C)Cn1c(N2CCN(Cc3ccccc3C)CC2)nc2c1c(=O)[nH]c(=O)n2C. The molecule has 0 radical (unpaired) electrons. The zero-order valence-electron chi connectivity index (χ0n) is 17.8. The van der Waals surface area contributed by atoms with Crippen molar-refractivity contribution in [1.29, 1.82) is 0 Å². The Kier molecular flexibility index (Phi) is 5.34. The van der Waals surface area contributed by atoms with Crippen LogP contribution in [0.5, 0.6) is 0 Å². The van der Waals surface area contributed by atoms with Crippen LogP contribution in [0.1, 0.15) is 18.1 Å². The summed E-state index contributed by atoms with van der Waals surface area (Å²) in [5.74, 6) is 0.718. The molecule has 0 spiro atoms. The quantitative estimate of drug-likeness (QED) is 0.649. The molecule has 3 aromatic rings. The molecule has 3 heterocycles. The number of imidazole rings is 1. The number of aryl methyl sites for hydroxylation is 2. The highest BCUT2D eigenvalue weighted by Gasteiger charge is 2.25. The van der Waals surface area contributed by atoms with Gasteiger partial charge in [-0.25, -0.2) is 4.79 Å². The molecule has 0 bridgehead atoms. The molecule has 1 saturated heterocycles. The van der Waals surface area contributed by atoms with E-state index in [1.54, 1.807) is 7.05 Å². The van der Waals surface area contributed by atoms with Gasteiger partial charge in [0.05, 0.1) is 0 Å². The van der Waals surface area contributed by atoms with Gasteiger partial charge in [-0.15, -0.1) is 0 Å². The first-order valence-electron chi connectivity index (χ1n) is 10.2. The Morgan fingerprint density at radius 3 is 2.53 bits per heavy atom. The van der Waals surface area contributed by atoms with Crippen LogP contribution in [0, 0.1) is 6.92 Å². The minimum atomic E-state index is -0.456.